The molecule has 10 heteroatoms. The molecule has 0 saturated heterocycles. The van der Waals surface area contributed by atoms with Gasteiger partial charge in [-0.1, -0.05) is 73.2 Å². The van der Waals surface area contributed by atoms with Gasteiger partial charge in [-0.25, -0.2) is 8.42 Å². The predicted octanol–water partition coefficient (Wildman–Crippen LogP) is 5.63. The van der Waals surface area contributed by atoms with Gasteiger partial charge in [0.2, 0.25) is 21.8 Å². The molecular weight excluding hydrogens is 545 g/mol. The lowest BCUT2D eigenvalue weighted by molar-refractivity contribution is -0.140. The second-order valence-electron chi connectivity index (χ2n) is 10.1. The number of anilines is 1. The van der Waals surface area contributed by atoms with Crippen molar-refractivity contribution in [1.29, 1.82) is 0 Å². The van der Waals surface area contributed by atoms with Crippen LogP contribution >= 0.6 is 23.2 Å². The molecule has 1 aliphatic rings. The molecule has 0 aliphatic heterocycles. The third-order valence-electron chi connectivity index (χ3n) is 6.99. The minimum atomic E-state index is -3.80. The molecule has 1 saturated carbocycles. The molecule has 208 valence electrons. The molecule has 1 atom stereocenters. The van der Waals surface area contributed by atoms with Crippen molar-refractivity contribution in [3.63, 3.8) is 0 Å². The van der Waals surface area contributed by atoms with Gasteiger partial charge in [0.05, 0.1) is 11.9 Å². The quantitative estimate of drug-likeness (QED) is 0.393. The second kappa shape index (κ2) is 13.2. The molecule has 0 aromatic heterocycles. The van der Waals surface area contributed by atoms with Gasteiger partial charge in [-0.15, -0.1) is 0 Å². The number of sulfonamides is 1. The summed E-state index contributed by atoms with van der Waals surface area (Å²) in [4.78, 5) is 28.8. The first-order chi connectivity index (χ1) is 17.9. The third kappa shape index (κ3) is 7.87. The molecular formula is C28H37Cl2N3O4S. The van der Waals surface area contributed by atoms with E-state index in [0.717, 1.165) is 53.8 Å². The van der Waals surface area contributed by atoms with Crippen LogP contribution in [-0.4, -0.2) is 50.0 Å². The van der Waals surface area contributed by atoms with E-state index in [9.17, 15) is 18.0 Å². The monoisotopic (exact) mass is 581 g/mol. The van der Waals surface area contributed by atoms with Gasteiger partial charge < -0.3 is 10.2 Å². The summed E-state index contributed by atoms with van der Waals surface area (Å²) in [5.41, 5.74) is 2.76. The molecule has 7 nitrogen and oxygen atoms in total. The Kier molecular flexibility index (Phi) is 10.5. The normalized spacial score (nSPS) is 15.1. The average Bonchev–Trinajstić information content (AvgIpc) is 2.84. The first kappa shape index (κ1) is 30.3. The lowest BCUT2D eigenvalue weighted by Crippen LogP contribution is -2.54. The van der Waals surface area contributed by atoms with Crippen molar-refractivity contribution >= 4 is 50.7 Å². The largest absolute Gasteiger partial charge is 0.352 e. The van der Waals surface area contributed by atoms with Crippen LogP contribution in [0.5, 0.6) is 0 Å². The van der Waals surface area contributed by atoms with Crippen molar-refractivity contribution in [2.45, 2.75) is 77.9 Å². The summed E-state index contributed by atoms with van der Waals surface area (Å²) in [6.45, 7) is 5.16. The highest BCUT2D eigenvalue weighted by atomic mass is 35.5. The first-order valence-corrected chi connectivity index (χ1v) is 15.6. The standard InChI is InChI=1S/C28H37Cl2N3O4S/c1-5-25(28(35)31-23-9-7-6-8-10-23)32(17-21-12-13-22(29)16-24(21)30)27(34)18-33(38(4,36)37)26-14-11-19(2)15-20(26)3/h11-16,23,25H,5-10,17-18H2,1-4H3,(H,31,35)/t25-/m1/s1. The van der Waals surface area contributed by atoms with Crippen LogP contribution in [0.1, 0.15) is 62.1 Å². The Balaban J connectivity index is 1.96. The van der Waals surface area contributed by atoms with Crippen molar-refractivity contribution in [2.24, 2.45) is 0 Å². The summed E-state index contributed by atoms with van der Waals surface area (Å²) in [5, 5.41) is 3.95. The van der Waals surface area contributed by atoms with Gasteiger partial charge in [-0.05, 0) is 62.4 Å². The van der Waals surface area contributed by atoms with E-state index in [0.29, 0.717) is 27.7 Å². The fourth-order valence-electron chi connectivity index (χ4n) is 4.98. The van der Waals surface area contributed by atoms with Gasteiger partial charge in [-0.2, -0.15) is 0 Å². The lowest BCUT2D eigenvalue weighted by Gasteiger charge is -2.34. The van der Waals surface area contributed by atoms with Crippen molar-refractivity contribution in [3.8, 4) is 0 Å². The van der Waals surface area contributed by atoms with E-state index in [1.165, 1.54) is 4.90 Å². The molecule has 1 aliphatic carbocycles. The Labute approximate surface area is 236 Å². The van der Waals surface area contributed by atoms with E-state index in [4.69, 9.17) is 23.2 Å². The van der Waals surface area contributed by atoms with Crippen LogP contribution in [0.4, 0.5) is 5.69 Å². The summed E-state index contributed by atoms with van der Waals surface area (Å²) in [5.74, 6) is -0.734. The number of carbonyl (C=O) groups excluding carboxylic acids is 2. The minimum Gasteiger partial charge on any atom is -0.352 e. The SMILES string of the molecule is CC[C@H](C(=O)NC1CCCCC1)N(Cc1ccc(Cl)cc1Cl)C(=O)CN(c1ccc(C)cc1C)S(C)(=O)=O. The zero-order valence-corrected chi connectivity index (χ0v) is 24.8. The van der Waals surface area contributed by atoms with E-state index in [2.05, 4.69) is 5.32 Å². The Morgan fingerprint density at radius 3 is 2.32 bits per heavy atom. The Morgan fingerprint density at radius 2 is 1.74 bits per heavy atom. The molecule has 2 aromatic carbocycles. The highest BCUT2D eigenvalue weighted by Gasteiger charge is 2.33. The van der Waals surface area contributed by atoms with Gasteiger partial charge in [-0.3, -0.25) is 13.9 Å². The van der Waals surface area contributed by atoms with Gasteiger partial charge in [0.15, 0.2) is 0 Å². The van der Waals surface area contributed by atoms with Gasteiger partial charge in [0.25, 0.3) is 0 Å². The number of hydrogen-bond donors (Lipinski definition) is 1. The molecule has 0 spiro atoms. The molecule has 1 N–H and O–H groups in total. The summed E-state index contributed by atoms with van der Waals surface area (Å²) in [7, 11) is -3.80. The van der Waals surface area contributed by atoms with Crippen LogP contribution in [0.25, 0.3) is 0 Å². The van der Waals surface area contributed by atoms with E-state index < -0.39 is 28.5 Å². The van der Waals surface area contributed by atoms with Gasteiger partial charge >= 0.3 is 0 Å². The van der Waals surface area contributed by atoms with Crippen LogP contribution in [0.3, 0.4) is 0 Å². The maximum atomic E-state index is 13.9. The number of halogens is 2. The summed E-state index contributed by atoms with van der Waals surface area (Å²) >= 11 is 12.5. The number of hydrogen-bond acceptors (Lipinski definition) is 4. The maximum absolute atomic E-state index is 13.9. The number of rotatable bonds is 10. The smallest absolute Gasteiger partial charge is 0.244 e. The van der Waals surface area contributed by atoms with Crippen LogP contribution in [0.2, 0.25) is 10.0 Å². The fraction of sp³-hybridized carbons (Fsp3) is 0.500. The third-order valence-corrected chi connectivity index (χ3v) is 8.71. The topological polar surface area (TPSA) is 86.8 Å². The zero-order chi connectivity index (χ0) is 28.0. The summed E-state index contributed by atoms with van der Waals surface area (Å²) in [6.07, 6.45) is 6.53. The molecule has 2 amide bonds. The maximum Gasteiger partial charge on any atom is 0.244 e. The van der Waals surface area contributed by atoms with E-state index in [1.54, 1.807) is 24.3 Å². The molecule has 0 heterocycles. The number of aryl methyl sites for hydroxylation is 2. The van der Waals surface area contributed by atoms with Crippen LogP contribution in [-0.2, 0) is 26.2 Å². The lowest BCUT2D eigenvalue weighted by atomic mass is 9.95. The second-order valence-corrected chi connectivity index (χ2v) is 12.8. The molecule has 2 aromatic rings. The van der Waals surface area contributed by atoms with E-state index >= 15 is 0 Å². The predicted molar refractivity (Wildman–Crippen MR) is 154 cm³/mol. The fourth-order valence-corrected chi connectivity index (χ4v) is 6.35. The molecule has 38 heavy (non-hydrogen) atoms. The molecule has 0 bridgehead atoms. The number of nitrogens with one attached hydrogen (secondary N) is 1. The van der Waals surface area contributed by atoms with E-state index in [1.807, 2.05) is 32.9 Å². The summed E-state index contributed by atoms with van der Waals surface area (Å²) < 4.78 is 26.8. The van der Waals surface area contributed by atoms with Crippen LogP contribution in [0.15, 0.2) is 36.4 Å². The highest BCUT2D eigenvalue weighted by molar-refractivity contribution is 7.92. The number of nitrogens with zero attached hydrogens (tertiary/aromatic N) is 2. The van der Waals surface area contributed by atoms with Gasteiger partial charge in [0.1, 0.15) is 12.6 Å². The van der Waals surface area contributed by atoms with Crippen molar-refractivity contribution in [3.05, 3.63) is 63.1 Å². The van der Waals surface area contributed by atoms with Crippen molar-refractivity contribution < 1.29 is 18.0 Å². The Hall–Kier alpha value is -2.29. The zero-order valence-electron chi connectivity index (χ0n) is 22.5. The van der Waals surface area contributed by atoms with E-state index in [-0.39, 0.29) is 18.5 Å². The van der Waals surface area contributed by atoms with Crippen molar-refractivity contribution in [2.75, 3.05) is 17.1 Å². The number of carbonyl (C=O) groups is 2. The number of benzene rings is 2. The van der Waals surface area contributed by atoms with Crippen LogP contribution in [0, 0.1) is 13.8 Å². The Morgan fingerprint density at radius 1 is 1.05 bits per heavy atom. The Bertz CT molecular complexity index is 1260. The summed E-state index contributed by atoms with van der Waals surface area (Å²) in [6, 6.07) is 9.64. The number of amides is 2. The van der Waals surface area contributed by atoms with Crippen LogP contribution < -0.4 is 9.62 Å². The van der Waals surface area contributed by atoms with Crippen molar-refractivity contribution in [1.82, 2.24) is 10.2 Å². The minimum absolute atomic E-state index is 0.0376. The highest BCUT2D eigenvalue weighted by Crippen LogP contribution is 2.27. The first-order valence-electron chi connectivity index (χ1n) is 13.0. The molecule has 3 rings (SSSR count). The average molecular weight is 583 g/mol. The molecule has 0 unspecified atom stereocenters. The van der Waals surface area contributed by atoms with Gasteiger partial charge in [0, 0.05) is 22.6 Å². The molecule has 1 fully saturated rings. The molecule has 0 radical (unpaired) electrons.